The Labute approximate surface area is 113 Å². The molecule has 0 spiro atoms. The summed E-state index contributed by atoms with van der Waals surface area (Å²) in [7, 11) is 0. The van der Waals surface area contributed by atoms with E-state index in [1.807, 2.05) is 6.92 Å². The zero-order valence-corrected chi connectivity index (χ0v) is 12.3. The van der Waals surface area contributed by atoms with E-state index < -0.39 is 0 Å². The molecule has 0 atom stereocenters. The van der Waals surface area contributed by atoms with Gasteiger partial charge in [0.25, 0.3) is 0 Å². The van der Waals surface area contributed by atoms with Gasteiger partial charge in [-0.15, -0.1) is 11.3 Å². The lowest BCUT2D eigenvalue weighted by atomic mass is 10.00. The zero-order valence-electron chi connectivity index (χ0n) is 11.4. The number of thiazole rings is 1. The normalized spacial score (nSPS) is 18.4. The summed E-state index contributed by atoms with van der Waals surface area (Å²) in [6, 6.07) is 0. The van der Waals surface area contributed by atoms with Crippen LogP contribution in [0.25, 0.3) is 0 Å². The second-order valence-electron chi connectivity index (χ2n) is 5.08. The molecule has 2 N–H and O–H groups in total. The van der Waals surface area contributed by atoms with Gasteiger partial charge in [-0.2, -0.15) is 0 Å². The number of aliphatic imine (C=N–C) groups is 1. The highest BCUT2D eigenvalue weighted by molar-refractivity contribution is 7.11. The third-order valence-corrected chi connectivity index (χ3v) is 4.43. The van der Waals surface area contributed by atoms with Gasteiger partial charge in [0, 0.05) is 18.0 Å². The number of piperidine rings is 1. The van der Waals surface area contributed by atoms with Crippen LogP contribution < -0.4 is 5.73 Å². The number of hydrogen-bond acceptors (Lipinski definition) is 3. The maximum atomic E-state index is 6.05. The van der Waals surface area contributed by atoms with Crippen LogP contribution in [0.4, 0.5) is 0 Å². The van der Waals surface area contributed by atoms with Gasteiger partial charge in [0.05, 0.1) is 17.2 Å². The molecule has 0 radical (unpaired) electrons. The quantitative estimate of drug-likeness (QED) is 0.660. The first kappa shape index (κ1) is 13.3. The summed E-state index contributed by atoms with van der Waals surface area (Å²) in [6.07, 6.45) is 2.43. The summed E-state index contributed by atoms with van der Waals surface area (Å²) in [5.74, 6) is 1.49. The summed E-state index contributed by atoms with van der Waals surface area (Å²) in [4.78, 5) is 12.4. The van der Waals surface area contributed by atoms with Gasteiger partial charge < -0.3 is 10.6 Å². The Morgan fingerprint density at radius 2 is 2.11 bits per heavy atom. The van der Waals surface area contributed by atoms with E-state index in [9.17, 15) is 0 Å². The fourth-order valence-electron chi connectivity index (χ4n) is 2.21. The maximum absolute atomic E-state index is 6.05. The van der Waals surface area contributed by atoms with Crippen LogP contribution in [0.2, 0.25) is 0 Å². The Morgan fingerprint density at radius 3 is 2.67 bits per heavy atom. The zero-order chi connectivity index (χ0) is 13.1. The highest BCUT2D eigenvalue weighted by Crippen LogP contribution is 2.18. The van der Waals surface area contributed by atoms with Crippen LogP contribution in [-0.2, 0) is 6.54 Å². The second kappa shape index (κ2) is 5.69. The summed E-state index contributed by atoms with van der Waals surface area (Å²) >= 11 is 1.72. The summed E-state index contributed by atoms with van der Waals surface area (Å²) < 4.78 is 0. The number of guanidine groups is 1. The van der Waals surface area contributed by atoms with Gasteiger partial charge in [0.15, 0.2) is 5.96 Å². The van der Waals surface area contributed by atoms with E-state index >= 15 is 0 Å². The van der Waals surface area contributed by atoms with Crippen molar-refractivity contribution in [2.24, 2.45) is 16.6 Å². The Kier molecular flexibility index (Phi) is 4.22. The number of likely N-dealkylation sites (tertiary alicyclic amines) is 1. The Bertz CT molecular complexity index is 430. The average molecular weight is 266 g/mol. The third-order valence-electron chi connectivity index (χ3n) is 3.50. The predicted molar refractivity (Wildman–Crippen MR) is 76.9 cm³/mol. The molecule has 100 valence electrons. The molecule has 0 aliphatic carbocycles. The molecule has 1 aliphatic heterocycles. The molecule has 1 aliphatic rings. The largest absolute Gasteiger partial charge is 0.370 e. The molecule has 0 bridgehead atoms. The van der Waals surface area contributed by atoms with Crippen molar-refractivity contribution in [3.05, 3.63) is 15.6 Å². The van der Waals surface area contributed by atoms with Gasteiger partial charge in [0.1, 0.15) is 0 Å². The molecule has 1 fully saturated rings. The van der Waals surface area contributed by atoms with Crippen molar-refractivity contribution in [2.45, 2.75) is 40.2 Å². The molecule has 4 nitrogen and oxygen atoms in total. The van der Waals surface area contributed by atoms with E-state index in [-0.39, 0.29) is 0 Å². The number of aryl methyl sites for hydroxylation is 2. The molecule has 1 aromatic heterocycles. The number of nitrogens with two attached hydrogens (primary N) is 1. The third kappa shape index (κ3) is 3.22. The van der Waals surface area contributed by atoms with Crippen molar-refractivity contribution < 1.29 is 0 Å². The molecule has 0 unspecified atom stereocenters. The standard InChI is InChI=1S/C13H22N4S/c1-9-4-6-17(7-5-9)13(14)15-8-12-10(2)18-11(3)16-12/h9H,4-8H2,1-3H3,(H2,14,15). The van der Waals surface area contributed by atoms with Crippen molar-refractivity contribution in [1.29, 1.82) is 0 Å². The minimum atomic E-state index is 0.605. The molecule has 2 rings (SSSR count). The van der Waals surface area contributed by atoms with Gasteiger partial charge in [-0.3, -0.25) is 0 Å². The molecule has 0 aromatic carbocycles. The first-order valence-electron chi connectivity index (χ1n) is 6.54. The smallest absolute Gasteiger partial charge is 0.191 e. The van der Waals surface area contributed by atoms with E-state index in [0.717, 1.165) is 29.7 Å². The van der Waals surface area contributed by atoms with Crippen molar-refractivity contribution in [3.63, 3.8) is 0 Å². The monoisotopic (exact) mass is 266 g/mol. The molecule has 5 heteroatoms. The predicted octanol–water partition coefficient (Wildman–Crippen LogP) is 2.31. The molecule has 1 saturated heterocycles. The van der Waals surface area contributed by atoms with Crippen LogP contribution in [-0.4, -0.2) is 28.9 Å². The molecular weight excluding hydrogens is 244 g/mol. The fourth-order valence-corrected chi connectivity index (χ4v) is 3.04. The van der Waals surface area contributed by atoms with Crippen LogP contribution in [0, 0.1) is 19.8 Å². The van der Waals surface area contributed by atoms with Gasteiger partial charge in [-0.25, -0.2) is 9.98 Å². The molecular formula is C13H22N4S. The van der Waals surface area contributed by atoms with Crippen LogP contribution in [0.15, 0.2) is 4.99 Å². The highest BCUT2D eigenvalue weighted by atomic mass is 32.1. The van der Waals surface area contributed by atoms with E-state index in [2.05, 4.69) is 28.7 Å². The van der Waals surface area contributed by atoms with Gasteiger partial charge in [-0.1, -0.05) is 6.92 Å². The second-order valence-corrected chi connectivity index (χ2v) is 6.49. The molecule has 1 aromatic rings. The van der Waals surface area contributed by atoms with Crippen LogP contribution in [0.3, 0.4) is 0 Å². The minimum Gasteiger partial charge on any atom is -0.370 e. The van der Waals surface area contributed by atoms with Gasteiger partial charge in [-0.05, 0) is 32.6 Å². The van der Waals surface area contributed by atoms with Crippen LogP contribution in [0.1, 0.15) is 35.3 Å². The Morgan fingerprint density at radius 1 is 1.44 bits per heavy atom. The SMILES string of the molecule is Cc1nc(CN=C(N)N2CCC(C)CC2)c(C)s1. The molecule has 18 heavy (non-hydrogen) atoms. The lowest BCUT2D eigenvalue weighted by molar-refractivity contribution is 0.277. The van der Waals surface area contributed by atoms with Crippen molar-refractivity contribution in [2.75, 3.05) is 13.1 Å². The number of rotatable bonds is 2. The van der Waals surface area contributed by atoms with E-state index in [4.69, 9.17) is 5.73 Å². The van der Waals surface area contributed by atoms with Crippen molar-refractivity contribution in [3.8, 4) is 0 Å². The molecule has 2 heterocycles. The summed E-state index contributed by atoms with van der Waals surface area (Å²) in [6.45, 7) is 9.09. The lowest BCUT2D eigenvalue weighted by Gasteiger charge is -2.30. The van der Waals surface area contributed by atoms with Gasteiger partial charge >= 0.3 is 0 Å². The van der Waals surface area contributed by atoms with Crippen molar-refractivity contribution in [1.82, 2.24) is 9.88 Å². The maximum Gasteiger partial charge on any atom is 0.191 e. The first-order chi connectivity index (χ1) is 8.56. The summed E-state index contributed by atoms with van der Waals surface area (Å²) in [5, 5.41) is 1.10. The topological polar surface area (TPSA) is 54.5 Å². The summed E-state index contributed by atoms with van der Waals surface area (Å²) in [5.41, 5.74) is 7.11. The molecule has 0 amide bonds. The van der Waals surface area contributed by atoms with Crippen LogP contribution >= 0.6 is 11.3 Å². The highest BCUT2D eigenvalue weighted by Gasteiger charge is 2.17. The van der Waals surface area contributed by atoms with E-state index in [0.29, 0.717) is 12.5 Å². The minimum absolute atomic E-state index is 0.605. The lowest BCUT2D eigenvalue weighted by Crippen LogP contribution is -2.42. The Hall–Kier alpha value is -1.10. The van der Waals surface area contributed by atoms with Crippen molar-refractivity contribution >= 4 is 17.3 Å². The number of nitrogens with zero attached hydrogens (tertiary/aromatic N) is 3. The average Bonchev–Trinajstić information content (AvgIpc) is 2.66. The van der Waals surface area contributed by atoms with Gasteiger partial charge in [0.2, 0.25) is 0 Å². The number of aromatic nitrogens is 1. The fraction of sp³-hybridized carbons (Fsp3) is 0.692. The van der Waals surface area contributed by atoms with Crippen LogP contribution in [0.5, 0.6) is 0 Å². The van der Waals surface area contributed by atoms with E-state index in [1.165, 1.54) is 17.7 Å². The first-order valence-corrected chi connectivity index (χ1v) is 7.35. The van der Waals surface area contributed by atoms with E-state index in [1.54, 1.807) is 11.3 Å². The number of hydrogen-bond donors (Lipinski definition) is 1. The molecule has 0 saturated carbocycles. The Balaban J connectivity index is 1.94.